The molecule has 0 bridgehead atoms. The van der Waals surface area contributed by atoms with Crippen molar-refractivity contribution in [3.8, 4) is 5.88 Å². The number of ether oxygens (including phenoxy) is 1. The first-order chi connectivity index (χ1) is 16.4. The maximum atomic E-state index is 12.7. The Kier molecular flexibility index (Phi) is 6.00. The molecule has 1 saturated carbocycles. The number of hydrogen-bond donors (Lipinski definition) is 1. The van der Waals surface area contributed by atoms with E-state index in [0.717, 1.165) is 16.9 Å². The van der Waals surface area contributed by atoms with E-state index in [4.69, 9.17) is 4.74 Å². The average molecular weight is 478 g/mol. The van der Waals surface area contributed by atoms with Crippen molar-refractivity contribution < 1.29 is 17.9 Å². The minimum atomic E-state index is -3.25. The lowest BCUT2D eigenvalue weighted by atomic mass is 9.80. The molecule has 5 rings (SSSR count). The minimum Gasteiger partial charge on any atom is -0.474 e. The van der Waals surface area contributed by atoms with E-state index in [1.807, 2.05) is 6.07 Å². The van der Waals surface area contributed by atoms with Crippen molar-refractivity contribution >= 4 is 27.1 Å². The number of rotatable bonds is 6. The molecule has 0 spiro atoms. The second kappa shape index (κ2) is 9.10. The Labute approximate surface area is 199 Å². The second-order valence-electron chi connectivity index (χ2n) is 8.84. The number of hydrogen-bond acceptors (Lipinski definition) is 6. The summed E-state index contributed by atoms with van der Waals surface area (Å²) in [4.78, 5) is 19.6. The van der Waals surface area contributed by atoms with Gasteiger partial charge in [0.2, 0.25) is 5.88 Å². The van der Waals surface area contributed by atoms with Crippen molar-refractivity contribution in [3.05, 3.63) is 77.5 Å². The molecule has 2 aromatic carbocycles. The van der Waals surface area contributed by atoms with E-state index in [1.165, 1.54) is 43.2 Å². The summed E-state index contributed by atoms with van der Waals surface area (Å²) in [6.45, 7) is 1.47. The molecule has 0 atom stereocenters. The third kappa shape index (κ3) is 4.63. The number of fused-ring (bicyclic) bond motifs is 1. The summed E-state index contributed by atoms with van der Waals surface area (Å²) in [5, 5.41) is 2.83. The molecular formula is C26H27N3O4S. The van der Waals surface area contributed by atoms with Crippen LogP contribution < -0.4 is 15.0 Å². The van der Waals surface area contributed by atoms with Gasteiger partial charge in [0.1, 0.15) is 18.0 Å². The van der Waals surface area contributed by atoms with Crippen LogP contribution in [0, 0.1) is 0 Å². The summed E-state index contributed by atoms with van der Waals surface area (Å²) >= 11 is 0. The summed E-state index contributed by atoms with van der Waals surface area (Å²) in [5.41, 5.74) is 4.40. The van der Waals surface area contributed by atoms with Crippen LogP contribution in [0.2, 0.25) is 0 Å². The zero-order valence-corrected chi connectivity index (χ0v) is 19.8. The quantitative estimate of drug-likeness (QED) is 0.572. The predicted octanol–water partition coefficient (Wildman–Crippen LogP) is 4.21. The first-order valence-corrected chi connectivity index (χ1v) is 13.4. The Morgan fingerprint density at radius 3 is 2.44 bits per heavy atom. The lowest BCUT2D eigenvalue weighted by molar-refractivity contribution is 0.0944. The van der Waals surface area contributed by atoms with Crippen LogP contribution in [0.1, 0.15) is 46.8 Å². The summed E-state index contributed by atoms with van der Waals surface area (Å²) in [7, 11) is -3.25. The first-order valence-electron chi connectivity index (χ1n) is 11.5. The van der Waals surface area contributed by atoms with Crippen molar-refractivity contribution in [2.75, 3.05) is 24.3 Å². The maximum absolute atomic E-state index is 12.7. The fourth-order valence-corrected chi connectivity index (χ4v) is 4.92. The molecule has 1 aromatic heterocycles. The fraction of sp³-hybridized carbons (Fsp3) is 0.308. The van der Waals surface area contributed by atoms with E-state index < -0.39 is 9.84 Å². The number of carbonyl (C=O) groups is 1. The second-order valence-corrected chi connectivity index (χ2v) is 10.9. The van der Waals surface area contributed by atoms with E-state index in [9.17, 15) is 13.2 Å². The van der Waals surface area contributed by atoms with Crippen molar-refractivity contribution in [3.63, 3.8) is 0 Å². The first kappa shape index (κ1) is 22.4. The molecule has 0 unspecified atom stereocenters. The molecule has 8 heteroatoms. The molecule has 2 aliphatic rings. The third-order valence-corrected chi connectivity index (χ3v) is 7.63. The Morgan fingerprint density at radius 1 is 1.06 bits per heavy atom. The Bertz CT molecular complexity index is 1300. The highest BCUT2D eigenvalue weighted by molar-refractivity contribution is 7.90. The monoisotopic (exact) mass is 477 g/mol. The van der Waals surface area contributed by atoms with Crippen LogP contribution in [0.25, 0.3) is 0 Å². The average Bonchev–Trinajstić information content (AvgIpc) is 2.81. The van der Waals surface area contributed by atoms with Gasteiger partial charge in [-0.2, -0.15) is 0 Å². The molecule has 1 aliphatic heterocycles. The molecule has 34 heavy (non-hydrogen) atoms. The summed E-state index contributed by atoms with van der Waals surface area (Å²) in [5.74, 6) is 0.825. The molecule has 7 nitrogen and oxygen atoms in total. The molecule has 1 N–H and O–H groups in total. The van der Waals surface area contributed by atoms with Gasteiger partial charge in [-0.1, -0.05) is 30.7 Å². The largest absolute Gasteiger partial charge is 0.474 e. The highest BCUT2D eigenvalue weighted by Crippen LogP contribution is 2.39. The molecule has 1 aliphatic carbocycles. The van der Waals surface area contributed by atoms with Gasteiger partial charge in [-0.25, -0.2) is 13.4 Å². The van der Waals surface area contributed by atoms with Gasteiger partial charge in [0, 0.05) is 18.5 Å². The van der Waals surface area contributed by atoms with Crippen molar-refractivity contribution in [2.24, 2.45) is 0 Å². The lowest BCUT2D eigenvalue weighted by Crippen LogP contribution is -2.30. The van der Waals surface area contributed by atoms with E-state index in [-0.39, 0.29) is 23.0 Å². The summed E-state index contributed by atoms with van der Waals surface area (Å²) in [6.07, 6.45) is 5.04. The molecule has 0 saturated heterocycles. The van der Waals surface area contributed by atoms with E-state index in [2.05, 4.69) is 39.5 Å². The number of aromatic nitrogens is 1. The van der Waals surface area contributed by atoms with Gasteiger partial charge in [-0.15, -0.1) is 0 Å². The van der Waals surface area contributed by atoms with Crippen LogP contribution in [0.4, 0.5) is 11.4 Å². The van der Waals surface area contributed by atoms with Crippen LogP contribution in [0.15, 0.2) is 65.6 Å². The van der Waals surface area contributed by atoms with Crippen LogP contribution in [-0.2, 0) is 16.4 Å². The molecule has 2 heterocycles. The van der Waals surface area contributed by atoms with Crippen molar-refractivity contribution in [1.29, 1.82) is 0 Å². The molecule has 1 amide bonds. The van der Waals surface area contributed by atoms with Gasteiger partial charge in [-0.05, 0) is 66.3 Å². The Morgan fingerprint density at radius 2 is 1.79 bits per heavy atom. The van der Waals surface area contributed by atoms with Gasteiger partial charge in [-0.3, -0.25) is 4.79 Å². The van der Waals surface area contributed by atoms with E-state index in [1.54, 1.807) is 18.2 Å². The number of carbonyl (C=O) groups excluding carboxylic acids is 1. The number of pyridine rings is 1. The standard InChI is InChI=1S/C26H27N3O4S/c1-34(31,32)22-11-5-18(6-12-22)17-27-25(30)23-13-14-24-26(28-23)33-16-15-29(24)21-9-7-20(8-10-21)19-3-2-4-19/h5-14,19H,2-4,15-17H2,1H3,(H,27,30). The topological polar surface area (TPSA) is 88.6 Å². The fourth-order valence-electron chi connectivity index (χ4n) is 4.29. The van der Waals surface area contributed by atoms with Gasteiger partial charge in [0.05, 0.1) is 11.4 Å². The highest BCUT2D eigenvalue weighted by atomic mass is 32.2. The zero-order chi connectivity index (χ0) is 23.7. The smallest absolute Gasteiger partial charge is 0.270 e. The molecule has 3 aromatic rings. The minimum absolute atomic E-state index is 0.248. The van der Waals surface area contributed by atoms with Crippen LogP contribution in [0.3, 0.4) is 0 Å². The van der Waals surface area contributed by atoms with Crippen molar-refractivity contribution in [2.45, 2.75) is 36.6 Å². The van der Waals surface area contributed by atoms with Crippen molar-refractivity contribution in [1.82, 2.24) is 10.3 Å². The predicted molar refractivity (Wildman–Crippen MR) is 130 cm³/mol. The van der Waals surface area contributed by atoms with E-state index in [0.29, 0.717) is 24.9 Å². The van der Waals surface area contributed by atoms with Gasteiger partial charge in [0.15, 0.2) is 9.84 Å². The highest BCUT2D eigenvalue weighted by Gasteiger charge is 2.24. The molecule has 0 radical (unpaired) electrons. The summed E-state index contributed by atoms with van der Waals surface area (Å²) < 4.78 is 29.0. The van der Waals surface area contributed by atoms with Crippen LogP contribution in [-0.4, -0.2) is 38.7 Å². The maximum Gasteiger partial charge on any atom is 0.270 e. The van der Waals surface area contributed by atoms with Gasteiger partial charge in [0.25, 0.3) is 5.91 Å². The number of sulfone groups is 1. The number of benzene rings is 2. The SMILES string of the molecule is CS(=O)(=O)c1ccc(CNC(=O)c2ccc3c(n2)OCCN3c2ccc(C3CCC3)cc2)cc1. The van der Waals surface area contributed by atoms with Gasteiger partial charge < -0.3 is 15.0 Å². The number of nitrogens with zero attached hydrogens (tertiary/aromatic N) is 2. The van der Waals surface area contributed by atoms with Crippen LogP contribution >= 0.6 is 0 Å². The Hall–Kier alpha value is -3.39. The number of amides is 1. The third-order valence-electron chi connectivity index (χ3n) is 6.50. The van der Waals surface area contributed by atoms with E-state index >= 15 is 0 Å². The molecular weight excluding hydrogens is 450 g/mol. The summed E-state index contributed by atoms with van der Waals surface area (Å²) in [6, 6.07) is 18.8. The molecule has 176 valence electrons. The molecule has 1 fully saturated rings. The normalized spacial score (nSPS) is 15.7. The van der Waals surface area contributed by atoms with Crippen LogP contribution in [0.5, 0.6) is 5.88 Å². The number of anilines is 2. The van der Waals surface area contributed by atoms with Gasteiger partial charge >= 0.3 is 0 Å². The lowest BCUT2D eigenvalue weighted by Gasteiger charge is -2.31. The number of nitrogens with one attached hydrogen (secondary N) is 1. The Balaban J connectivity index is 1.27. The zero-order valence-electron chi connectivity index (χ0n) is 19.0.